The summed E-state index contributed by atoms with van der Waals surface area (Å²) in [5.41, 5.74) is 4.86. The monoisotopic (exact) mass is 490 g/mol. The number of imidazole rings is 1. The zero-order valence-electron chi connectivity index (χ0n) is 19.6. The van der Waals surface area contributed by atoms with E-state index in [0.29, 0.717) is 11.6 Å². The zero-order chi connectivity index (χ0) is 24.7. The fourth-order valence-corrected chi connectivity index (χ4v) is 5.00. The number of alkyl halides is 3. The minimum absolute atomic E-state index is 0.0608. The summed E-state index contributed by atoms with van der Waals surface area (Å²) >= 11 is 0. The standard InChI is InChI=1S/C23H29F3N8O/c1-31-7-9-32(10-8-31)14-16-3-2-6-33(16)19-5-4-15(12-28-19)13-34-17-11-18(23(24,25)26)29-21(27)20(17)30-22(34)35/h4-5,11-12,16H,2-3,6-10,13-14H2,1H3,(H2,27,29)(H,30,35). The molecule has 12 heteroatoms. The lowest BCUT2D eigenvalue weighted by Gasteiger charge is -2.36. The molecule has 2 aliphatic rings. The number of likely N-dealkylation sites (N-methyl/N-ethyl adjacent to an activating group) is 1. The Morgan fingerprint density at radius 1 is 1.17 bits per heavy atom. The molecule has 5 heterocycles. The van der Waals surface area contributed by atoms with Gasteiger partial charge in [0.25, 0.3) is 0 Å². The number of aromatic nitrogens is 4. The molecule has 9 nitrogen and oxygen atoms in total. The number of nitrogens with two attached hydrogens (primary N) is 1. The van der Waals surface area contributed by atoms with Crippen LogP contribution in [0.3, 0.4) is 0 Å². The maximum atomic E-state index is 13.2. The van der Waals surface area contributed by atoms with E-state index in [2.05, 4.69) is 36.7 Å². The van der Waals surface area contributed by atoms with Crippen molar-refractivity contribution in [2.24, 2.45) is 0 Å². The van der Waals surface area contributed by atoms with Crippen molar-refractivity contribution >= 4 is 22.7 Å². The summed E-state index contributed by atoms with van der Waals surface area (Å²) in [4.78, 5) is 30.2. The molecule has 3 aromatic heterocycles. The number of fused-ring (bicyclic) bond motifs is 1. The Labute approximate surface area is 200 Å². The third kappa shape index (κ3) is 4.85. The highest BCUT2D eigenvalue weighted by Gasteiger charge is 2.34. The fourth-order valence-electron chi connectivity index (χ4n) is 5.00. The maximum absolute atomic E-state index is 13.2. The van der Waals surface area contributed by atoms with Gasteiger partial charge in [-0.1, -0.05) is 6.07 Å². The molecule has 1 unspecified atom stereocenters. The van der Waals surface area contributed by atoms with Gasteiger partial charge in [0.05, 0.1) is 12.1 Å². The van der Waals surface area contributed by atoms with Gasteiger partial charge in [0.15, 0.2) is 0 Å². The van der Waals surface area contributed by atoms with E-state index in [1.54, 1.807) is 6.20 Å². The van der Waals surface area contributed by atoms with Crippen LogP contribution in [0.1, 0.15) is 24.1 Å². The Kier molecular flexibility index (Phi) is 6.18. The molecule has 0 bridgehead atoms. The molecule has 0 spiro atoms. The van der Waals surface area contributed by atoms with E-state index in [1.807, 2.05) is 12.1 Å². The van der Waals surface area contributed by atoms with Gasteiger partial charge in [0, 0.05) is 51.5 Å². The number of aromatic amines is 1. The second kappa shape index (κ2) is 9.15. The highest BCUT2D eigenvalue weighted by Crippen LogP contribution is 2.31. The molecule has 5 rings (SSSR count). The van der Waals surface area contributed by atoms with Crippen LogP contribution in [-0.4, -0.2) is 81.7 Å². The van der Waals surface area contributed by atoms with Gasteiger partial charge in [0.1, 0.15) is 22.8 Å². The van der Waals surface area contributed by atoms with Crippen LogP contribution in [0.2, 0.25) is 0 Å². The summed E-state index contributed by atoms with van der Waals surface area (Å²) in [7, 11) is 2.15. The molecule has 3 N–H and O–H groups in total. The number of pyridine rings is 2. The molecule has 0 aromatic carbocycles. The molecule has 1 atom stereocenters. The van der Waals surface area contributed by atoms with E-state index < -0.39 is 17.6 Å². The summed E-state index contributed by atoms with van der Waals surface area (Å²) in [5, 5.41) is 0. The van der Waals surface area contributed by atoms with Gasteiger partial charge in [-0.2, -0.15) is 13.2 Å². The Bertz CT molecular complexity index is 1240. The number of piperazine rings is 1. The summed E-state index contributed by atoms with van der Waals surface area (Å²) in [6.07, 6.45) is -0.748. The molecule has 35 heavy (non-hydrogen) atoms. The largest absolute Gasteiger partial charge is 0.433 e. The molecule has 0 amide bonds. The van der Waals surface area contributed by atoms with Gasteiger partial charge in [0.2, 0.25) is 0 Å². The number of halogens is 3. The van der Waals surface area contributed by atoms with E-state index in [1.165, 1.54) is 4.57 Å². The first-order chi connectivity index (χ1) is 16.7. The Morgan fingerprint density at radius 3 is 2.63 bits per heavy atom. The van der Waals surface area contributed by atoms with E-state index in [0.717, 1.165) is 64.0 Å². The van der Waals surface area contributed by atoms with E-state index >= 15 is 0 Å². The quantitative estimate of drug-likeness (QED) is 0.564. The number of nitrogen functional groups attached to an aromatic ring is 1. The first kappa shape index (κ1) is 23.6. The lowest BCUT2D eigenvalue weighted by molar-refractivity contribution is -0.141. The van der Waals surface area contributed by atoms with Gasteiger partial charge in [-0.25, -0.2) is 14.8 Å². The average Bonchev–Trinajstić information content (AvgIpc) is 3.40. The van der Waals surface area contributed by atoms with Crippen LogP contribution in [0.15, 0.2) is 29.2 Å². The number of hydrogen-bond donors (Lipinski definition) is 2. The molecule has 188 valence electrons. The molecular formula is C23H29F3N8O. The van der Waals surface area contributed by atoms with E-state index in [-0.39, 0.29) is 23.4 Å². The molecule has 3 aromatic rings. The van der Waals surface area contributed by atoms with Gasteiger partial charge in [-0.3, -0.25) is 9.47 Å². The molecule has 0 radical (unpaired) electrons. The highest BCUT2D eigenvalue weighted by atomic mass is 19.4. The second-order valence-electron chi connectivity index (χ2n) is 9.42. The minimum atomic E-state index is -4.67. The normalized spacial score (nSPS) is 20.2. The first-order valence-electron chi connectivity index (χ1n) is 11.8. The summed E-state index contributed by atoms with van der Waals surface area (Å²) in [5.74, 6) is 0.518. The summed E-state index contributed by atoms with van der Waals surface area (Å²) < 4.78 is 40.9. The van der Waals surface area contributed by atoms with Crippen LogP contribution in [0.4, 0.5) is 24.8 Å². The molecule has 0 saturated carbocycles. The highest BCUT2D eigenvalue weighted by molar-refractivity contribution is 5.85. The van der Waals surface area contributed by atoms with Crippen LogP contribution in [0, 0.1) is 0 Å². The van der Waals surface area contributed by atoms with Crippen LogP contribution >= 0.6 is 0 Å². The zero-order valence-corrected chi connectivity index (χ0v) is 19.6. The summed E-state index contributed by atoms with van der Waals surface area (Å²) in [6.45, 7) is 6.33. The Balaban J connectivity index is 1.33. The third-order valence-electron chi connectivity index (χ3n) is 6.97. The molecule has 2 aliphatic heterocycles. The average molecular weight is 491 g/mol. The smallest absolute Gasteiger partial charge is 0.382 e. The maximum Gasteiger partial charge on any atom is 0.433 e. The minimum Gasteiger partial charge on any atom is -0.382 e. The number of nitrogens with zero attached hydrogens (tertiary/aromatic N) is 6. The molecule has 2 saturated heterocycles. The number of hydrogen-bond acceptors (Lipinski definition) is 7. The topological polar surface area (TPSA) is 99.3 Å². The predicted octanol–water partition coefficient (Wildman–Crippen LogP) is 1.99. The van der Waals surface area contributed by atoms with Crippen molar-refractivity contribution in [1.29, 1.82) is 0 Å². The van der Waals surface area contributed by atoms with Crippen LogP contribution in [0.25, 0.3) is 11.0 Å². The number of H-pyrrole nitrogens is 1. The van der Waals surface area contributed by atoms with Crippen molar-refractivity contribution in [3.8, 4) is 0 Å². The number of anilines is 2. The van der Waals surface area contributed by atoms with Crippen LogP contribution in [0.5, 0.6) is 0 Å². The van der Waals surface area contributed by atoms with Crippen LogP contribution in [-0.2, 0) is 12.7 Å². The van der Waals surface area contributed by atoms with Crippen molar-refractivity contribution in [3.63, 3.8) is 0 Å². The van der Waals surface area contributed by atoms with Crippen molar-refractivity contribution in [3.05, 3.63) is 46.1 Å². The third-order valence-corrected chi connectivity index (χ3v) is 6.97. The lowest BCUT2D eigenvalue weighted by Crippen LogP contribution is -2.49. The second-order valence-corrected chi connectivity index (χ2v) is 9.42. The van der Waals surface area contributed by atoms with Gasteiger partial charge < -0.3 is 20.5 Å². The SMILES string of the molecule is CN1CCN(CC2CCCN2c2ccc(Cn3c(=O)[nH]c4c(N)nc(C(F)(F)F)cc43)cn2)CC1. The molecule has 0 aliphatic carbocycles. The van der Waals surface area contributed by atoms with Crippen molar-refractivity contribution < 1.29 is 13.2 Å². The number of rotatable bonds is 5. The Morgan fingerprint density at radius 2 is 1.94 bits per heavy atom. The van der Waals surface area contributed by atoms with Gasteiger partial charge in [-0.05, 0) is 37.6 Å². The van der Waals surface area contributed by atoms with E-state index in [9.17, 15) is 18.0 Å². The Hall–Kier alpha value is -3.12. The van der Waals surface area contributed by atoms with Crippen molar-refractivity contribution in [1.82, 2.24) is 29.3 Å². The summed E-state index contributed by atoms with van der Waals surface area (Å²) in [6, 6.07) is 5.05. The number of nitrogens with one attached hydrogen (secondary N) is 1. The molecular weight excluding hydrogens is 461 g/mol. The van der Waals surface area contributed by atoms with E-state index in [4.69, 9.17) is 5.73 Å². The van der Waals surface area contributed by atoms with Gasteiger partial charge >= 0.3 is 11.9 Å². The lowest BCUT2D eigenvalue weighted by atomic mass is 10.2. The van der Waals surface area contributed by atoms with Crippen molar-refractivity contribution in [2.45, 2.75) is 31.6 Å². The first-order valence-corrected chi connectivity index (χ1v) is 11.8. The fraction of sp³-hybridized carbons (Fsp3) is 0.522. The van der Waals surface area contributed by atoms with Crippen molar-refractivity contribution in [2.75, 3.05) is 56.9 Å². The van der Waals surface area contributed by atoms with Gasteiger partial charge in [-0.15, -0.1) is 0 Å². The molecule has 2 fully saturated rings. The van der Waals surface area contributed by atoms with Crippen LogP contribution < -0.4 is 16.3 Å². The predicted molar refractivity (Wildman–Crippen MR) is 127 cm³/mol.